The lowest BCUT2D eigenvalue weighted by Gasteiger charge is -2.20. The predicted octanol–water partition coefficient (Wildman–Crippen LogP) is 2.43. The van der Waals surface area contributed by atoms with E-state index in [2.05, 4.69) is 6.58 Å². The van der Waals surface area contributed by atoms with E-state index in [9.17, 15) is 14.4 Å². The highest BCUT2D eigenvalue weighted by atomic mass is 16.6. The Morgan fingerprint density at radius 2 is 2.23 bits per heavy atom. The van der Waals surface area contributed by atoms with Crippen molar-refractivity contribution in [1.29, 1.82) is 0 Å². The van der Waals surface area contributed by atoms with Gasteiger partial charge in [0.05, 0.1) is 6.10 Å². The minimum Gasteiger partial charge on any atom is -0.459 e. The van der Waals surface area contributed by atoms with E-state index in [1.165, 1.54) is 6.08 Å². The van der Waals surface area contributed by atoms with Crippen LogP contribution >= 0.6 is 0 Å². The van der Waals surface area contributed by atoms with Crippen molar-refractivity contribution in [1.82, 2.24) is 0 Å². The van der Waals surface area contributed by atoms with Crippen molar-refractivity contribution >= 4 is 18.2 Å². The highest BCUT2D eigenvalue weighted by Crippen LogP contribution is 2.48. The van der Waals surface area contributed by atoms with Gasteiger partial charge in [-0.25, -0.2) is 9.59 Å². The number of aldehydes is 1. The lowest BCUT2D eigenvalue weighted by atomic mass is 9.84. The molecule has 2 aliphatic heterocycles. The molecule has 0 saturated carbocycles. The van der Waals surface area contributed by atoms with Crippen LogP contribution in [0.5, 0.6) is 0 Å². The van der Waals surface area contributed by atoms with E-state index in [1.54, 1.807) is 0 Å². The standard InChI is InChI=1S/C20H24O6/c1-12(2)7-18(22)24-11-20-6-4-5-14(10-21)8-16-15(9-17(20)26-20)13(3)19(23)25-16/h5,7,10,15-17H,3-4,6,8-9,11H2,1-2H3/b14-5+/t15-,16-,17+,20+/m0/s1. The molecular formula is C20H24O6. The van der Waals surface area contributed by atoms with E-state index < -0.39 is 17.5 Å². The van der Waals surface area contributed by atoms with Gasteiger partial charge in [-0.1, -0.05) is 18.2 Å². The minimum atomic E-state index is -0.566. The molecule has 0 unspecified atom stereocenters. The van der Waals surface area contributed by atoms with Crippen LogP contribution in [0.2, 0.25) is 0 Å². The van der Waals surface area contributed by atoms with E-state index in [4.69, 9.17) is 14.2 Å². The van der Waals surface area contributed by atoms with Crippen LogP contribution in [0.1, 0.15) is 39.5 Å². The molecule has 2 saturated heterocycles. The molecule has 1 aliphatic carbocycles. The number of hydrogen-bond acceptors (Lipinski definition) is 6. The lowest BCUT2D eigenvalue weighted by molar-refractivity contribution is -0.140. The maximum atomic E-state index is 11.9. The summed E-state index contributed by atoms with van der Waals surface area (Å²) in [7, 11) is 0. The van der Waals surface area contributed by atoms with E-state index in [1.807, 2.05) is 19.9 Å². The molecule has 0 aromatic rings. The predicted molar refractivity (Wildman–Crippen MR) is 93.1 cm³/mol. The molecule has 6 heteroatoms. The molecule has 0 N–H and O–H groups in total. The van der Waals surface area contributed by atoms with Crippen LogP contribution < -0.4 is 0 Å². The molecule has 140 valence electrons. The Morgan fingerprint density at radius 1 is 1.46 bits per heavy atom. The van der Waals surface area contributed by atoms with Gasteiger partial charge in [0.15, 0.2) is 0 Å². The number of hydrogen-bond donors (Lipinski definition) is 0. The van der Waals surface area contributed by atoms with Gasteiger partial charge in [-0.15, -0.1) is 0 Å². The van der Waals surface area contributed by atoms with Gasteiger partial charge in [-0.2, -0.15) is 0 Å². The number of fused-ring (bicyclic) bond motifs is 2. The number of epoxide rings is 1. The van der Waals surface area contributed by atoms with Crippen LogP contribution in [0.3, 0.4) is 0 Å². The van der Waals surface area contributed by atoms with Crippen molar-refractivity contribution in [2.24, 2.45) is 5.92 Å². The molecule has 3 aliphatic rings. The first kappa shape index (κ1) is 18.6. The topological polar surface area (TPSA) is 82.2 Å². The second-order valence-electron chi connectivity index (χ2n) is 7.45. The molecule has 0 spiro atoms. The Balaban J connectivity index is 1.75. The van der Waals surface area contributed by atoms with Crippen molar-refractivity contribution in [3.05, 3.63) is 35.5 Å². The summed E-state index contributed by atoms with van der Waals surface area (Å²) in [6, 6.07) is 0. The van der Waals surface area contributed by atoms with Gasteiger partial charge >= 0.3 is 11.9 Å². The van der Waals surface area contributed by atoms with Crippen LogP contribution in [0.4, 0.5) is 0 Å². The van der Waals surface area contributed by atoms with Crippen LogP contribution in [-0.4, -0.2) is 42.6 Å². The first-order chi connectivity index (χ1) is 12.3. The number of carbonyl (C=O) groups is 3. The molecule has 0 radical (unpaired) electrons. The maximum Gasteiger partial charge on any atom is 0.334 e. The molecule has 26 heavy (non-hydrogen) atoms. The van der Waals surface area contributed by atoms with E-state index in [-0.39, 0.29) is 24.7 Å². The van der Waals surface area contributed by atoms with Gasteiger partial charge in [0, 0.05) is 24.0 Å². The van der Waals surface area contributed by atoms with Gasteiger partial charge in [-0.05, 0) is 38.7 Å². The second kappa shape index (κ2) is 7.19. The molecule has 2 heterocycles. The van der Waals surface area contributed by atoms with Crippen molar-refractivity contribution in [2.45, 2.75) is 57.3 Å². The Bertz CT molecular complexity index is 699. The Kier molecular flexibility index (Phi) is 5.14. The van der Waals surface area contributed by atoms with Crippen LogP contribution in [0.25, 0.3) is 0 Å². The molecule has 4 atom stereocenters. The number of esters is 2. The number of ether oxygens (including phenoxy) is 3. The second-order valence-corrected chi connectivity index (χ2v) is 7.45. The summed E-state index contributed by atoms with van der Waals surface area (Å²) in [5.41, 5.74) is 1.33. The summed E-state index contributed by atoms with van der Waals surface area (Å²) in [6.07, 6.45) is 5.85. The smallest absolute Gasteiger partial charge is 0.334 e. The zero-order valence-corrected chi connectivity index (χ0v) is 15.2. The highest BCUT2D eigenvalue weighted by Gasteiger charge is 2.59. The molecule has 0 aromatic carbocycles. The van der Waals surface area contributed by atoms with Gasteiger partial charge < -0.3 is 14.2 Å². The zero-order valence-electron chi connectivity index (χ0n) is 15.2. The Labute approximate surface area is 152 Å². The molecule has 0 aromatic heterocycles. The van der Waals surface area contributed by atoms with E-state index in [0.29, 0.717) is 36.8 Å². The lowest BCUT2D eigenvalue weighted by Crippen LogP contribution is -2.28. The van der Waals surface area contributed by atoms with Gasteiger partial charge in [0.1, 0.15) is 24.6 Å². The summed E-state index contributed by atoms with van der Waals surface area (Å²) in [5, 5.41) is 0. The molecule has 2 fully saturated rings. The fraction of sp³-hybridized carbons (Fsp3) is 0.550. The average Bonchev–Trinajstić information content (AvgIpc) is 3.20. The van der Waals surface area contributed by atoms with Crippen LogP contribution in [0.15, 0.2) is 35.5 Å². The summed E-state index contributed by atoms with van der Waals surface area (Å²) in [4.78, 5) is 35.0. The Hall–Kier alpha value is -2.21. The number of rotatable bonds is 4. The van der Waals surface area contributed by atoms with Gasteiger partial charge in [-0.3, -0.25) is 4.79 Å². The monoisotopic (exact) mass is 360 g/mol. The fourth-order valence-electron chi connectivity index (χ4n) is 3.70. The van der Waals surface area contributed by atoms with Crippen molar-refractivity contribution < 1.29 is 28.6 Å². The summed E-state index contributed by atoms with van der Waals surface area (Å²) >= 11 is 0. The SMILES string of the molecule is C=C1C(=O)O[C@H]2C/C(C=O)=C\CC[C@]3(COC(=O)C=C(C)C)O[C@@H]3C[C@@H]12. The largest absolute Gasteiger partial charge is 0.459 e. The quantitative estimate of drug-likeness (QED) is 0.331. The molecule has 0 amide bonds. The fourth-order valence-corrected chi connectivity index (χ4v) is 3.70. The minimum absolute atomic E-state index is 0.119. The highest BCUT2D eigenvalue weighted by molar-refractivity contribution is 5.91. The first-order valence-electron chi connectivity index (χ1n) is 8.88. The third kappa shape index (κ3) is 3.80. The number of carbonyl (C=O) groups excluding carboxylic acids is 3. The van der Waals surface area contributed by atoms with E-state index >= 15 is 0 Å². The maximum absolute atomic E-state index is 11.9. The van der Waals surface area contributed by atoms with Crippen LogP contribution in [0, 0.1) is 5.92 Å². The molecular weight excluding hydrogens is 336 g/mol. The normalized spacial score (nSPS) is 35.2. The zero-order chi connectivity index (χ0) is 18.9. The van der Waals surface area contributed by atoms with Crippen molar-refractivity contribution in [2.75, 3.05) is 6.61 Å². The van der Waals surface area contributed by atoms with Crippen molar-refractivity contribution in [3.63, 3.8) is 0 Å². The third-order valence-corrected chi connectivity index (χ3v) is 5.22. The number of allylic oxidation sites excluding steroid dienone is 2. The summed E-state index contributed by atoms with van der Waals surface area (Å²) in [6.45, 7) is 7.66. The first-order valence-corrected chi connectivity index (χ1v) is 8.88. The summed E-state index contributed by atoms with van der Waals surface area (Å²) < 4.78 is 16.7. The third-order valence-electron chi connectivity index (χ3n) is 5.22. The van der Waals surface area contributed by atoms with Crippen molar-refractivity contribution in [3.8, 4) is 0 Å². The average molecular weight is 360 g/mol. The van der Waals surface area contributed by atoms with Crippen LogP contribution in [-0.2, 0) is 28.6 Å². The summed E-state index contributed by atoms with van der Waals surface area (Å²) in [5.74, 6) is -0.994. The van der Waals surface area contributed by atoms with Gasteiger partial charge in [0.25, 0.3) is 0 Å². The Morgan fingerprint density at radius 3 is 2.92 bits per heavy atom. The van der Waals surface area contributed by atoms with E-state index in [0.717, 1.165) is 11.9 Å². The van der Waals surface area contributed by atoms with Gasteiger partial charge in [0.2, 0.25) is 0 Å². The molecule has 3 rings (SSSR count). The molecule has 0 bridgehead atoms. The molecule has 6 nitrogen and oxygen atoms in total.